The van der Waals surface area contributed by atoms with Crippen molar-refractivity contribution >= 4 is 65.2 Å². The monoisotopic (exact) mass is 1350 g/mol. The standard InChI is InChI=1S/C102H74N4/c1-60-58-103-97-76(62(60)3)48-49-77-64(5)66(7)96(106-99(77)97)84-53-51-82(80-34-17-18-35-81(80)84)83-39-25-43-92-94(83)87-37-20-22-41-90(87)102(92,74-31-15-10-16-32-74)75-33-23-26-67(54-75)55-88-61(2)59-104-98-85(88)52-50-78-63(4)65(6)95(105-100(78)98)70-47-45-68-44-46-69(56-71(68)57-70)79-38-24-42-91-93(79)86-36-19-21-40-89(86)101(91,72-27-11-8-12-28-72)73-29-13-9-14-30-73/h8-54,56-59H,55H2,1-7H3. The van der Waals surface area contributed by atoms with Crippen LogP contribution in [0.5, 0.6) is 0 Å². The molecule has 14 aromatic carbocycles. The van der Waals surface area contributed by atoms with E-state index in [9.17, 15) is 0 Å². The molecular formula is C102H74N4. The number of aryl methyl sites for hydroxylation is 5. The van der Waals surface area contributed by atoms with Crippen molar-refractivity contribution in [3.05, 3.63) is 404 Å². The van der Waals surface area contributed by atoms with Crippen molar-refractivity contribution in [2.24, 2.45) is 0 Å². The minimum Gasteiger partial charge on any atom is -0.254 e. The average Bonchev–Trinajstić information content (AvgIpc) is 1.54. The molecule has 0 saturated heterocycles. The van der Waals surface area contributed by atoms with Crippen LogP contribution in [-0.4, -0.2) is 19.9 Å². The van der Waals surface area contributed by atoms with Gasteiger partial charge in [-0.2, -0.15) is 0 Å². The molecule has 1 unspecified atom stereocenters. The molecule has 18 aromatic rings. The molecule has 1 atom stereocenters. The number of hydrogen-bond donors (Lipinski definition) is 0. The highest BCUT2D eigenvalue weighted by atomic mass is 14.8. The first-order chi connectivity index (χ1) is 52.0. The van der Waals surface area contributed by atoms with E-state index >= 15 is 0 Å². The summed E-state index contributed by atoms with van der Waals surface area (Å²) in [7, 11) is 0. The fourth-order valence-electron chi connectivity index (χ4n) is 18.8. The number of benzene rings is 14. The Bertz CT molecular complexity index is 6710. The molecular weight excluding hydrogens is 1280 g/mol. The van der Waals surface area contributed by atoms with Crippen LogP contribution in [0, 0.1) is 48.5 Å². The smallest absolute Gasteiger partial charge is 0.0975 e. The summed E-state index contributed by atoms with van der Waals surface area (Å²) in [5, 5.41) is 9.25. The van der Waals surface area contributed by atoms with Crippen molar-refractivity contribution < 1.29 is 0 Å². The third-order valence-corrected chi connectivity index (χ3v) is 24.4. The highest BCUT2D eigenvalue weighted by molar-refractivity contribution is 6.12. The van der Waals surface area contributed by atoms with Gasteiger partial charge in [-0.25, -0.2) is 9.97 Å². The third kappa shape index (κ3) is 9.13. The summed E-state index contributed by atoms with van der Waals surface area (Å²) in [6.45, 7) is 15.5. The number of fused-ring (bicyclic) bond motifs is 14. The minimum atomic E-state index is -0.649. The van der Waals surface area contributed by atoms with E-state index in [1.54, 1.807) is 0 Å². The van der Waals surface area contributed by atoms with Gasteiger partial charge in [-0.3, -0.25) is 9.97 Å². The summed E-state index contributed by atoms with van der Waals surface area (Å²) in [6, 6.07) is 112. The normalized spacial score (nSPS) is 14.1. The second-order valence-electron chi connectivity index (χ2n) is 29.6. The largest absolute Gasteiger partial charge is 0.254 e. The molecule has 0 spiro atoms. The summed E-state index contributed by atoms with van der Waals surface area (Å²) in [6.07, 6.45) is 4.78. The summed E-state index contributed by atoms with van der Waals surface area (Å²) in [5.74, 6) is 0. The van der Waals surface area contributed by atoms with Crippen LogP contribution in [0.2, 0.25) is 0 Å². The second kappa shape index (κ2) is 24.2. The van der Waals surface area contributed by atoms with Gasteiger partial charge in [0.2, 0.25) is 0 Å². The van der Waals surface area contributed by atoms with E-state index in [1.165, 1.54) is 155 Å². The maximum Gasteiger partial charge on any atom is 0.0975 e. The van der Waals surface area contributed by atoms with Gasteiger partial charge in [-0.15, -0.1) is 0 Å². The van der Waals surface area contributed by atoms with E-state index in [2.05, 4.69) is 352 Å². The van der Waals surface area contributed by atoms with Gasteiger partial charge >= 0.3 is 0 Å². The molecule has 502 valence electrons. The summed E-state index contributed by atoms with van der Waals surface area (Å²) in [4.78, 5) is 21.7. The summed E-state index contributed by atoms with van der Waals surface area (Å²) in [5.41, 5.74) is 37.6. The predicted molar refractivity (Wildman–Crippen MR) is 441 cm³/mol. The number of nitrogens with zero attached hydrogens (tertiary/aromatic N) is 4. The molecule has 0 saturated carbocycles. The van der Waals surface area contributed by atoms with Gasteiger partial charge in [-0.1, -0.05) is 285 Å². The number of pyridine rings is 4. The number of hydrogen-bond acceptors (Lipinski definition) is 4. The Labute approximate surface area is 618 Å². The first-order valence-corrected chi connectivity index (χ1v) is 37.1. The molecule has 0 radical (unpaired) electrons. The highest BCUT2D eigenvalue weighted by Gasteiger charge is 2.49. The molecule has 0 N–H and O–H groups in total. The second-order valence-corrected chi connectivity index (χ2v) is 29.6. The lowest BCUT2D eigenvalue weighted by molar-refractivity contribution is 0.766. The van der Waals surface area contributed by atoms with Crippen LogP contribution in [0.4, 0.5) is 0 Å². The molecule has 106 heavy (non-hydrogen) atoms. The molecule has 0 bridgehead atoms. The lowest BCUT2D eigenvalue weighted by atomic mass is 9.67. The highest BCUT2D eigenvalue weighted by Crippen LogP contribution is 2.61. The SMILES string of the molecule is Cc1cnc2c(ccc3c(C)c(C)c(-c4ccc(-c5cccc6c5-c5ccccc5C6(c5ccccc5)c5cccc(Cc6c(C)cnc7c6ccc6c(C)c(C)c(-c8ccc9ccc(-c%10cccc%11c%10-c%10ccccc%10C%11(c%10ccccc%10)c%10ccccc%10)cc9c8)nc67)c5)c5ccccc45)nc32)c1C. The van der Waals surface area contributed by atoms with E-state index in [4.69, 9.17) is 19.9 Å². The molecule has 4 aromatic heterocycles. The fraction of sp³-hybridized carbons (Fsp3) is 0.0980. The van der Waals surface area contributed by atoms with Gasteiger partial charge in [-0.05, 0) is 228 Å². The van der Waals surface area contributed by atoms with Gasteiger partial charge in [0, 0.05) is 45.1 Å². The van der Waals surface area contributed by atoms with Crippen molar-refractivity contribution in [1.82, 2.24) is 19.9 Å². The van der Waals surface area contributed by atoms with Crippen LogP contribution in [0.15, 0.2) is 310 Å². The maximum absolute atomic E-state index is 5.72. The van der Waals surface area contributed by atoms with E-state index in [1.807, 2.05) is 6.20 Å². The third-order valence-electron chi connectivity index (χ3n) is 24.4. The fourth-order valence-corrected chi connectivity index (χ4v) is 18.8. The Morgan fingerprint density at radius 3 is 1.34 bits per heavy atom. The molecule has 4 nitrogen and oxygen atoms in total. The molecule has 2 aliphatic rings. The first kappa shape index (κ1) is 63.0. The molecule has 0 fully saturated rings. The zero-order valence-corrected chi connectivity index (χ0v) is 60.4. The molecule has 0 amide bonds. The van der Waals surface area contributed by atoms with Gasteiger partial charge in [0.15, 0.2) is 0 Å². The van der Waals surface area contributed by atoms with Crippen LogP contribution in [0.1, 0.15) is 94.6 Å². The van der Waals surface area contributed by atoms with E-state index in [0.717, 1.165) is 71.7 Å². The molecule has 4 heteroatoms. The topological polar surface area (TPSA) is 51.6 Å². The van der Waals surface area contributed by atoms with E-state index in [0.29, 0.717) is 6.42 Å². The summed E-state index contributed by atoms with van der Waals surface area (Å²) < 4.78 is 0. The number of rotatable bonds is 10. The van der Waals surface area contributed by atoms with E-state index < -0.39 is 10.8 Å². The molecule has 4 heterocycles. The molecule has 20 rings (SSSR count). The van der Waals surface area contributed by atoms with Crippen molar-refractivity contribution in [3.8, 4) is 67.0 Å². The van der Waals surface area contributed by atoms with E-state index in [-0.39, 0.29) is 0 Å². The van der Waals surface area contributed by atoms with Crippen LogP contribution >= 0.6 is 0 Å². The Kier molecular flexibility index (Phi) is 14.4. The van der Waals surface area contributed by atoms with Crippen LogP contribution in [0.3, 0.4) is 0 Å². The van der Waals surface area contributed by atoms with Gasteiger partial charge in [0.25, 0.3) is 0 Å². The van der Waals surface area contributed by atoms with Crippen molar-refractivity contribution in [2.45, 2.75) is 65.7 Å². The first-order valence-electron chi connectivity index (χ1n) is 37.1. The van der Waals surface area contributed by atoms with Crippen LogP contribution < -0.4 is 0 Å². The van der Waals surface area contributed by atoms with Crippen LogP contribution in [0.25, 0.3) is 132 Å². The molecule has 0 aliphatic heterocycles. The van der Waals surface area contributed by atoms with Crippen molar-refractivity contribution in [1.29, 1.82) is 0 Å². The van der Waals surface area contributed by atoms with Gasteiger partial charge < -0.3 is 0 Å². The van der Waals surface area contributed by atoms with Gasteiger partial charge in [0.05, 0.1) is 44.3 Å². The van der Waals surface area contributed by atoms with Crippen molar-refractivity contribution in [3.63, 3.8) is 0 Å². The lowest BCUT2D eigenvalue weighted by Crippen LogP contribution is -2.28. The Morgan fingerprint density at radius 1 is 0.264 bits per heavy atom. The minimum absolute atomic E-state index is 0.482. The Morgan fingerprint density at radius 2 is 0.708 bits per heavy atom. The molecule has 2 aliphatic carbocycles. The lowest BCUT2D eigenvalue weighted by Gasteiger charge is -2.34. The van der Waals surface area contributed by atoms with Gasteiger partial charge in [0.1, 0.15) is 0 Å². The Hall–Kier alpha value is -12.8. The zero-order chi connectivity index (χ0) is 71.3. The number of aromatic nitrogens is 4. The predicted octanol–water partition coefficient (Wildman–Crippen LogP) is 25.3. The summed E-state index contributed by atoms with van der Waals surface area (Å²) >= 11 is 0. The average molecular weight is 1360 g/mol. The van der Waals surface area contributed by atoms with Crippen molar-refractivity contribution in [2.75, 3.05) is 0 Å². The quantitative estimate of drug-likeness (QED) is 0.128. The maximum atomic E-state index is 5.72. The Balaban J connectivity index is 0.684. The van der Waals surface area contributed by atoms with Crippen LogP contribution in [-0.2, 0) is 17.3 Å². The zero-order valence-electron chi connectivity index (χ0n) is 60.4.